The second-order valence-corrected chi connectivity index (χ2v) is 6.49. The van der Waals surface area contributed by atoms with Gasteiger partial charge in [0.25, 0.3) is 0 Å². The van der Waals surface area contributed by atoms with Crippen LogP contribution in [0.15, 0.2) is 18.2 Å². The van der Waals surface area contributed by atoms with Crippen LogP contribution in [0, 0.1) is 17.4 Å². The van der Waals surface area contributed by atoms with Crippen molar-refractivity contribution >= 4 is 39.9 Å². The lowest BCUT2D eigenvalue weighted by Gasteiger charge is -2.17. The van der Waals surface area contributed by atoms with E-state index >= 15 is 0 Å². The molecule has 1 N–H and O–H groups in total. The number of anilines is 1. The minimum absolute atomic E-state index is 0.213. The maximum Gasteiger partial charge on any atom is 0.0649 e. The van der Waals surface area contributed by atoms with Crippen LogP contribution in [0.1, 0.15) is 36.8 Å². The summed E-state index contributed by atoms with van der Waals surface area (Å²) >= 11 is 8.30. The topological polar surface area (TPSA) is 29.9 Å². The van der Waals surface area contributed by atoms with Gasteiger partial charge in [-0.3, -0.25) is 4.68 Å². The van der Waals surface area contributed by atoms with E-state index in [0.717, 1.165) is 26.5 Å². The molecule has 1 aromatic heterocycles. The molecule has 1 atom stereocenters. The Labute approximate surface area is 138 Å². The van der Waals surface area contributed by atoms with Gasteiger partial charge >= 0.3 is 0 Å². The lowest BCUT2D eigenvalue weighted by molar-refractivity contribution is 0.632. The third-order valence-corrected chi connectivity index (χ3v) is 4.60. The van der Waals surface area contributed by atoms with E-state index in [1.807, 2.05) is 18.2 Å². The summed E-state index contributed by atoms with van der Waals surface area (Å²) in [6.45, 7) is 9.38. The average molecular weight is 404 g/mol. The fourth-order valence-electron chi connectivity index (χ4n) is 2.56. The molecule has 3 nitrogen and oxygen atoms in total. The zero-order valence-electron chi connectivity index (χ0n) is 12.2. The molecule has 0 fully saturated rings. The summed E-state index contributed by atoms with van der Waals surface area (Å²) in [5.41, 5.74) is 4.70. The predicted molar refractivity (Wildman–Crippen MR) is 93.6 cm³/mol. The van der Waals surface area contributed by atoms with Gasteiger partial charge in [-0.1, -0.05) is 11.6 Å². The Hall–Kier alpha value is -0.750. The van der Waals surface area contributed by atoms with Crippen LogP contribution in [-0.4, -0.2) is 9.78 Å². The number of nitrogens with zero attached hydrogens (tertiary/aromatic N) is 2. The van der Waals surface area contributed by atoms with E-state index in [-0.39, 0.29) is 6.04 Å². The Morgan fingerprint density at radius 2 is 2.10 bits per heavy atom. The Balaban J connectivity index is 2.28. The van der Waals surface area contributed by atoms with Gasteiger partial charge in [0, 0.05) is 32.1 Å². The second-order valence-electron chi connectivity index (χ2n) is 4.89. The maximum absolute atomic E-state index is 6.00. The van der Waals surface area contributed by atoms with Crippen LogP contribution in [0.25, 0.3) is 0 Å². The highest BCUT2D eigenvalue weighted by Crippen LogP contribution is 2.29. The molecule has 2 rings (SSSR count). The van der Waals surface area contributed by atoms with E-state index < -0.39 is 0 Å². The van der Waals surface area contributed by atoms with E-state index in [2.05, 4.69) is 65.4 Å². The summed E-state index contributed by atoms with van der Waals surface area (Å²) in [5.74, 6) is 0. The van der Waals surface area contributed by atoms with Crippen LogP contribution >= 0.6 is 34.2 Å². The van der Waals surface area contributed by atoms with Crippen LogP contribution in [0.2, 0.25) is 5.02 Å². The summed E-state index contributed by atoms with van der Waals surface area (Å²) in [6, 6.07) is 6.11. The molecule has 0 bridgehead atoms. The summed E-state index contributed by atoms with van der Waals surface area (Å²) in [6.07, 6.45) is 0. The number of aromatic nitrogens is 2. The fraction of sp³-hybridized carbons (Fsp3) is 0.400. The van der Waals surface area contributed by atoms with Crippen molar-refractivity contribution in [2.45, 2.75) is 40.3 Å². The standard InChI is InChI=1S/C15H19ClIN3/c1-5-20-11(4)15(10(3)19-20)9(2)18-14-7-6-12(16)8-13(14)17/h6-9,18H,5H2,1-4H3. The SMILES string of the molecule is CCn1nc(C)c(C(C)Nc2ccc(Cl)cc2I)c1C. The van der Waals surface area contributed by atoms with Gasteiger partial charge in [-0.05, 0) is 68.5 Å². The number of hydrogen-bond acceptors (Lipinski definition) is 2. The smallest absolute Gasteiger partial charge is 0.0649 e. The van der Waals surface area contributed by atoms with Gasteiger partial charge in [0.05, 0.1) is 11.7 Å². The van der Waals surface area contributed by atoms with Crippen molar-refractivity contribution in [1.82, 2.24) is 9.78 Å². The van der Waals surface area contributed by atoms with Crippen LogP contribution in [0.3, 0.4) is 0 Å². The van der Waals surface area contributed by atoms with E-state index in [1.54, 1.807) is 0 Å². The van der Waals surface area contributed by atoms with E-state index in [1.165, 1.54) is 11.3 Å². The molecule has 20 heavy (non-hydrogen) atoms. The first kappa shape index (κ1) is 15.6. The van der Waals surface area contributed by atoms with Crippen LogP contribution in [0.4, 0.5) is 5.69 Å². The largest absolute Gasteiger partial charge is 0.378 e. The summed E-state index contributed by atoms with van der Waals surface area (Å²) in [5, 5.41) is 8.90. The van der Waals surface area contributed by atoms with E-state index in [0.29, 0.717) is 0 Å². The third kappa shape index (κ3) is 3.11. The lowest BCUT2D eigenvalue weighted by Crippen LogP contribution is -2.10. The van der Waals surface area contributed by atoms with Gasteiger partial charge in [-0.15, -0.1) is 0 Å². The Morgan fingerprint density at radius 1 is 1.40 bits per heavy atom. The summed E-state index contributed by atoms with van der Waals surface area (Å²) in [4.78, 5) is 0. The van der Waals surface area contributed by atoms with E-state index in [4.69, 9.17) is 11.6 Å². The van der Waals surface area contributed by atoms with Crippen LogP contribution in [-0.2, 0) is 6.54 Å². The molecule has 2 aromatic rings. The van der Waals surface area contributed by atoms with Crippen molar-refractivity contribution < 1.29 is 0 Å². The van der Waals surface area contributed by atoms with Crippen molar-refractivity contribution in [2.24, 2.45) is 0 Å². The molecule has 0 aliphatic rings. The highest BCUT2D eigenvalue weighted by Gasteiger charge is 2.17. The molecule has 0 amide bonds. The Bertz CT molecular complexity index is 622. The molecule has 0 spiro atoms. The highest BCUT2D eigenvalue weighted by molar-refractivity contribution is 14.1. The van der Waals surface area contributed by atoms with Gasteiger partial charge in [0.1, 0.15) is 0 Å². The van der Waals surface area contributed by atoms with Crippen LogP contribution in [0.5, 0.6) is 0 Å². The molecule has 0 radical (unpaired) electrons. The Kier molecular flexibility index (Phi) is 4.96. The number of nitrogens with one attached hydrogen (secondary N) is 1. The Morgan fingerprint density at radius 3 is 2.65 bits per heavy atom. The number of halogens is 2. The van der Waals surface area contributed by atoms with E-state index in [9.17, 15) is 0 Å². The molecule has 0 saturated heterocycles. The molecule has 1 unspecified atom stereocenters. The first-order chi connectivity index (χ1) is 9.43. The molecule has 108 valence electrons. The number of benzene rings is 1. The van der Waals surface area contributed by atoms with Gasteiger partial charge in [0.15, 0.2) is 0 Å². The van der Waals surface area contributed by atoms with Crippen molar-refractivity contribution in [3.05, 3.63) is 43.7 Å². The lowest BCUT2D eigenvalue weighted by atomic mass is 10.1. The minimum atomic E-state index is 0.213. The molecule has 1 aromatic carbocycles. The highest BCUT2D eigenvalue weighted by atomic mass is 127. The quantitative estimate of drug-likeness (QED) is 0.732. The number of rotatable bonds is 4. The van der Waals surface area contributed by atoms with Crippen LogP contribution < -0.4 is 5.32 Å². The third-order valence-electron chi connectivity index (χ3n) is 3.47. The van der Waals surface area contributed by atoms with Gasteiger partial charge in [-0.2, -0.15) is 5.10 Å². The molecule has 0 aliphatic carbocycles. The zero-order chi connectivity index (χ0) is 14.9. The second kappa shape index (κ2) is 6.35. The fourth-order valence-corrected chi connectivity index (χ4v) is 3.58. The molecule has 0 aliphatic heterocycles. The predicted octanol–water partition coefficient (Wildman–Crippen LogP) is 4.95. The number of hydrogen-bond donors (Lipinski definition) is 1. The molecule has 5 heteroatoms. The van der Waals surface area contributed by atoms with Gasteiger partial charge in [0.2, 0.25) is 0 Å². The summed E-state index contributed by atoms with van der Waals surface area (Å²) in [7, 11) is 0. The normalized spacial score (nSPS) is 12.5. The average Bonchev–Trinajstić information content (AvgIpc) is 2.67. The first-order valence-corrected chi connectivity index (χ1v) is 8.15. The summed E-state index contributed by atoms with van der Waals surface area (Å²) < 4.78 is 3.18. The van der Waals surface area contributed by atoms with Gasteiger partial charge < -0.3 is 5.32 Å². The molecule has 1 heterocycles. The van der Waals surface area contributed by atoms with Crippen molar-refractivity contribution in [3.8, 4) is 0 Å². The first-order valence-electron chi connectivity index (χ1n) is 6.69. The van der Waals surface area contributed by atoms with Crippen molar-refractivity contribution in [1.29, 1.82) is 0 Å². The number of aryl methyl sites for hydroxylation is 2. The molecule has 0 saturated carbocycles. The molecular formula is C15H19ClIN3. The molecular weight excluding hydrogens is 385 g/mol. The monoisotopic (exact) mass is 403 g/mol. The van der Waals surface area contributed by atoms with Crippen molar-refractivity contribution in [2.75, 3.05) is 5.32 Å². The zero-order valence-corrected chi connectivity index (χ0v) is 15.1. The minimum Gasteiger partial charge on any atom is -0.378 e. The maximum atomic E-state index is 6.00. The van der Waals surface area contributed by atoms with Gasteiger partial charge in [-0.25, -0.2) is 0 Å². The van der Waals surface area contributed by atoms with Crippen molar-refractivity contribution in [3.63, 3.8) is 0 Å².